The van der Waals surface area contributed by atoms with Crippen molar-refractivity contribution in [2.75, 3.05) is 25.5 Å². The van der Waals surface area contributed by atoms with E-state index >= 15 is 0 Å². The number of hydrogen-bond donors (Lipinski definition) is 1. The molecular weight excluding hydrogens is 362 g/mol. The molecule has 5 nitrogen and oxygen atoms in total. The van der Waals surface area contributed by atoms with Crippen LogP contribution in [0.2, 0.25) is 0 Å². The Morgan fingerprint density at radius 2 is 1.79 bits per heavy atom. The third kappa shape index (κ3) is 3.55. The van der Waals surface area contributed by atoms with Gasteiger partial charge >= 0.3 is 0 Å². The molecule has 2 aliphatic carbocycles. The summed E-state index contributed by atoms with van der Waals surface area (Å²) < 4.78 is 52.8. The van der Waals surface area contributed by atoms with E-state index in [1.165, 1.54) is 4.31 Å². The first kappa shape index (κ1) is 18.3. The molecule has 9 heteroatoms. The van der Waals surface area contributed by atoms with Crippen LogP contribution in [0, 0.1) is 11.3 Å². The summed E-state index contributed by atoms with van der Waals surface area (Å²) in [5.41, 5.74) is -0.425. The molecule has 1 N–H and O–H groups in total. The van der Waals surface area contributed by atoms with Crippen LogP contribution >= 0.6 is 11.6 Å². The van der Waals surface area contributed by atoms with Gasteiger partial charge in [0.25, 0.3) is 0 Å². The number of amides is 1. The topological polar surface area (TPSA) is 66.5 Å². The maximum absolute atomic E-state index is 13.0. The highest BCUT2D eigenvalue weighted by molar-refractivity contribution is 7.89. The van der Waals surface area contributed by atoms with Crippen LogP contribution in [0.25, 0.3) is 0 Å². The molecular formula is C15H23ClF2N2O3S. The molecule has 0 aromatic carbocycles. The summed E-state index contributed by atoms with van der Waals surface area (Å²) >= 11 is 5.42. The number of halogens is 3. The molecule has 0 atom stereocenters. The van der Waals surface area contributed by atoms with Gasteiger partial charge in [0, 0.05) is 32.5 Å². The van der Waals surface area contributed by atoms with Crippen molar-refractivity contribution in [3.8, 4) is 0 Å². The number of carbonyl (C=O) groups is 1. The fourth-order valence-corrected chi connectivity index (χ4v) is 6.70. The van der Waals surface area contributed by atoms with Crippen molar-refractivity contribution < 1.29 is 22.0 Å². The molecule has 0 bridgehead atoms. The SMILES string of the molecule is O=C(CCl)NCC1CCN(S(=O)(=O)C2CC3(C2)CC(F)(F)C3)CC1. The summed E-state index contributed by atoms with van der Waals surface area (Å²) in [5.74, 6) is -2.64. The highest BCUT2D eigenvalue weighted by atomic mass is 35.5. The summed E-state index contributed by atoms with van der Waals surface area (Å²) in [6.07, 6.45) is 1.81. The summed E-state index contributed by atoms with van der Waals surface area (Å²) in [5, 5.41) is 2.23. The Labute approximate surface area is 146 Å². The summed E-state index contributed by atoms with van der Waals surface area (Å²) in [6, 6.07) is 0. The lowest BCUT2D eigenvalue weighted by atomic mass is 9.54. The number of carbonyl (C=O) groups excluding carboxylic acids is 1. The molecule has 1 heterocycles. The van der Waals surface area contributed by atoms with Crippen molar-refractivity contribution in [1.29, 1.82) is 0 Å². The van der Waals surface area contributed by atoms with Gasteiger partial charge in [-0.05, 0) is 37.0 Å². The van der Waals surface area contributed by atoms with Crippen molar-refractivity contribution in [3.05, 3.63) is 0 Å². The van der Waals surface area contributed by atoms with Crippen LogP contribution in [0.5, 0.6) is 0 Å². The molecule has 3 fully saturated rings. The van der Waals surface area contributed by atoms with Crippen molar-refractivity contribution in [3.63, 3.8) is 0 Å². The molecule has 1 saturated heterocycles. The molecule has 138 valence electrons. The van der Waals surface area contributed by atoms with Crippen molar-refractivity contribution in [2.45, 2.75) is 49.7 Å². The van der Waals surface area contributed by atoms with Gasteiger partial charge in [-0.1, -0.05) is 0 Å². The number of nitrogens with zero attached hydrogens (tertiary/aromatic N) is 1. The molecule has 3 rings (SSSR count). The van der Waals surface area contributed by atoms with Gasteiger partial charge in [0.2, 0.25) is 21.9 Å². The maximum atomic E-state index is 13.0. The van der Waals surface area contributed by atoms with Gasteiger partial charge in [0.05, 0.1) is 5.25 Å². The first-order chi connectivity index (χ1) is 11.2. The lowest BCUT2D eigenvalue weighted by molar-refractivity contribution is -0.189. The predicted molar refractivity (Wildman–Crippen MR) is 86.6 cm³/mol. The van der Waals surface area contributed by atoms with Crippen LogP contribution in [0.1, 0.15) is 38.5 Å². The zero-order chi connectivity index (χ0) is 17.6. The lowest BCUT2D eigenvalue weighted by Gasteiger charge is -2.57. The predicted octanol–water partition coefficient (Wildman–Crippen LogP) is 1.96. The standard InChI is InChI=1S/C15H23ClF2N2O3S/c16-7-13(21)19-8-11-1-3-20(4-2-11)24(22,23)12-5-14(6-12)9-15(17,18)10-14/h11-12H,1-10H2,(H,19,21). The molecule has 0 radical (unpaired) electrons. The molecule has 3 aliphatic rings. The third-order valence-electron chi connectivity index (χ3n) is 5.65. The molecule has 1 amide bonds. The maximum Gasteiger partial charge on any atom is 0.249 e. The van der Waals surface area contributed by atoms with E-state index in [0.29, 0.717) is 45.3 Å². The Bertz CT molecular complexity index is 590. The van der Waals surface area contributed by atoms with Crippen LogP contribution in [-0.2, 0) is 14.8 Å². The summed E-state index contributed by atoms with van der Waals surface area (Å²) in [4.78, 5) is 11.2. The third-order valence-corrected chi connectivity index (χ3v) is 8.16. The number of alkyl halides is 3. The summed E-state index contributed by atoms with van der Waals surface area (Å²) in [6.45, 7) is 1.38. The van der Waals surface area contributed by atoms with E-state index in [4.69, 9.17) is 11.6 Å². The van der Waals surface area contributed by atoms with Gasteiger partial charge in [-0.15, -0.1) is 11.6 Å². The van der Waals surface area contributed by atoms with Crippen LogP contribution in [0.4, 0.5) is 8.78 Å². The van der Waals surface area contributed by atoms with E-state index < -0.39 is 26.6 Å². The number of nitrogens with one attached hydrogen (secondary N) is 1. The van der Waals surface area contributed by atoms with E-state index in [1.807, 2.05) is 0 Å². The second-order valence-corrected chi connectivity index (χ2v) is 10.0. The van der Waals surface area contributed by atoms with Crippen molar-refractivity contribution >= 4 is 27.5 Å². The number of piperidine rings is 1. The normalized spacial score (nSPS) is 27.5. The van der Waals surface area contributed by atoms with Gasteiger partial charge in [0.15, 0.2) is 0 Å². The highest BCUT2D eigenvalue weighted by Crippen LogP contribution is 2.64. The lowest BCUT2D eigenvalue weighted by Crippen LogP contribution is -2.59. The Morgan fingerprint density at radius 3 is 2.29 bits per heavy atom. The Hall–Kier alpha value is -0.470. The Morgan fingerprint density at radius 1 is 1.21 bits per heavy atom. The minimum Gasteiger partial charge on any atom is -0.355 e. The van der Waals surface area contributed by atoms with Gasteiger partial charge in [-0.2, -0.15) is 0 Å². The molecule has 1 spiro atoms. The molecule has 1 aliphatic heterocycles. The average Bonchev–Trinajstić information content (AvgIpc) is 2.47. The first-order valence-corrected chi connectivity index (χ1v) is 10.4. The van der Waals surface area contributed by atoms with E-state index in [2.05, 4.69) is 5.32 Å². The van der Waals surface area contributed by atoms with Gasteiger partial charge in [0.1, 0.15) is 5.88 Å². The number of rotatable bonds is 5. The van der Waals surface area contributed by atoms with Crippen LogP contribution in [0.15, 0.2) is 0 Å². The van der Waals surface area contributed by atoms with E-state index in [1.54, 1.807) is 0 Å². The quantitative estimate of drug-likeness (QED) is 0.737. The van der Waals surface area contributed by atoms with Gasteiger partial charge in [-0.25, -0.2) is 21.5 Å². The average molecular weight is 385 g/mol. The van der Waals surface area contributed by atoms with Gasteiger partial charge < -0.3 is 5.32 Å². The zero-order valence-corrected chi connectivity index (χ0v) is 15.0. The second-order valence-electron chi connectivity index (χ2n) is 7.56. The van der Waals surface area contributed by atoms with E-state index in [0.717, 1.165) is 0 Å². The first-order valence-electron chi connectivity index (χ1n) is 8.35. The molecule has 0 unspecified atom stereocenters. The molecule has 0 aromatic rings. The van der Waals surface area contributed by atoms with Gasteiger partial charge in [-0.3, -0.25) is 4.79 Å². The Balaban J connectivity index is 1.45. The Kier molecular flexibility index (Phi) is 4.85. The summed E-state index contributed by atoms with van der Waals surface area (Å²) in [7, 11) is -3.39. The zero-order valence-electron chi connectivity index (χ0n) is 13.4. The highest BCUT2D eigenvalue weighted by Gasteiger charge is 2.64. The molecule has 2 saturated carbocycles. The smallest absolute Gasteiger partial charge is 0.249 e. The molecule has 24 heavy (non-hydrogen) atoms. The monoisotopic (exact) mass is 384 g/mol. The van der Waals surface area contributed by atoms with E-state index in [9.17, 15) is 22.0 Å². The van der Waals surface area contributed by atoms with E-state index in [-0.39, 0.29) is 30.5 Å². The number of hydrogen-bond acceptors (Lipinski definition) is 3. The number of sulfonamides is 1. The van der Waals surface area contributed by atoms with Crippen molar-refractivity contribution in [1.82, 2.24) is 9.62 Å². The molecule has 0 aromatic heterocycles. The van der Waals surface area contributed by atoms with Crippen LogP contribution < -0.4 is 5.32 Å². The second kappa shape index (κ2) is 6.36. The van der Waals surface area contributed by atoms with Crippen molar-refractivity contribution in [2.24, 2.45) is 11.3 Å². The fourth-order valence-electron chi connectivity index (χ4n) is 4.34. The van der Waals surface area contributed by atoms with Crippen LogP contribution in [-0.4, -0.2) is 55.3 Å². The minimum absolute atomic E-state index is 0.0737. The minimum atomic E-state index is -3.39. The largest absolute Gasteiger partial charge is 0.355 e. The van der Waals surface area contributed by atoms with Crippen LogP contribution in [0.3, 0.4) is 0 Å². The fraction of sp³-hybridized carbons (Fsp3) is 0.933.